The fraction of sp³-hybridized carbons (Fsp3) is 0.333. The Labute approximate surface area is 119 Å². The third-order valence-electron chi connectivity index (χ3n) is 2.32. The zero-order valence-electron chi connectivity index (χ0n) is 10.5. The molecule has 0 aliphatic rings. The number of carboxylic acid groups (broad SMARTS) is 1. The molecule has 0 heterocycles. The molecular weight excluding hydrogens is 293 g/mol. The number of carbonyl (C=O) groups is 2. The van der Waals surface area contributed by atoms with Crippen LogP contribution >= 0.6 is 11.6 Å². The fourth-order valence-corrected chi connectivity index (χ4v) is 1.56. The molecule has 0 bridgehead atoms. The van der Waals surface area contributed by atoms with Crippen molar-refractivity contribution in [2.75, 3.05) is 6.61 Å². The third-order valence-corrected chi connectivity index (χ3v) is 2.61. The number of benzene rings is 1. The molecule has 1 amide bonds. The van der Waals surface area contributed by atoms with Crippen LogP contribution in [0.25, 0.3) is 0 Å². The molecule has 2 atom stereocenters. The van der Waals surface area contributed by atoms with Gasteiger partial charge in [-0.15, -0.1) is 0 Å². The van der Waals surface area contributed by atoms with Crippen LogP contribution in [0.4, 0.5) is 4.39 Å². The molecule has 1 aromatic rings. The summed E-state index contributed by atoms with van der Waals surface area (Å²) in [5, 5.41) is 20.0. The molecule has 1 aromatic carbocycles. The third kappa shape index (κ3) is 4.67. The van der Waals surface area contributed by atoms with Gasteiger partial charge in [0.1, 0.15) is 11.6 Å². The van der Waals surface area contributed by atoms with E-state index in [1.54, 1.807) is 0 Å². The minimum absolute atomic E-state index is 0.0110. The van der Waals surface area contributed by atoms with E-state index >= 15 is 0 Å². The van der Waals surface area contributed by atoms with E-state index in [9.17, 15) is 19.1 Å². The smallest absolute Gasteiger partial charge is 0.328 e. The minimum Gasteiger partial charge on any atom is -0.482 e. The molecule has 110 valence electrons. The largest absolute Gasteiger partial charge is 0.482 e. The van der Waals surface area contributed by atoms with Crippen molar-refractivity contribution in [3.05, 3.63) is 29.0 Å². The Hall–Kier alpha value is -1.86. The molecule has 0 unspecified atom stereocenters. The fourth-order valence-electron chi connectivity index (χ4n) is 1.34. The Morgan fingerprint density at radius 3 is 2.65 bits per heavy atom. The van der Waals surface area contributed by atoms with Gasteiger partial charge in [0, 0.05) is 0 Å². The topological polar surface area (TPSA) is 95.9 Å². The summed E-state index contributed by atoms with van der Waals surface area (Å²) in [7, 11) is 0. The molecule has 0 aliphatic carbocycles. The number of aliphatic carboxylic acids is 1. The Morgan fingerprint density at radius 2 is 2.15 bits per heavy atom. The molecule has 0 saturated carbocycles. The Balaban J connectivity index is 2.57. The second-order valence-corrected chi connectivity index (χ2v) is 4.39. The maximum absolute atomic E-state index is 12.8. The SMILES string of the molecule is C[C@@H](O)[C@H](NC(=O)COc1ccc(F)cc1Cl)C(=O)O. The number of aliphatic hydroxyl groups excluding tert-OH is 1. The summed E-state index contributed by atoms with van der Waals surface area (Å²) < 4.78 is 17.8. The second kappa shape index (κ2) is 7.06. The number of carbonyl (C=O) groups excluding carboxylic acids is 1. The van der Waals surface area contributed by atoms with Crippen molar-refractivity contribution >= 4 is 23.5 Å². The Morgan fingerprint density at radius 1 is 1.50 bits per heavy atom. The van der Waals surface area contributed by atoms with Gasteiger partial charge in [0.05, 0.1) is 11.1 Å². The maximum atomic E-state index is 12.8. The number of hydrogen-bond acceptors (Lipinski definition) is 4. The highest BCUT2D eigenvalue weighted by atomic mass is 35.5. The van der Waals surface area contributed by atoms with E-state index in [0.29, 0.717) is 0 Å². The molecule has 0 saturated heterocycles. The van der Waals surface area contributed by atoms with E-state index in [0.717, 1.165) is 12.1 Å². The first-order valence-corrected chi connectivity index (χ1v) is 5.97. The summed E-state index contributed by atoms with van der Waals surface area (Å²) in [6.45, 7) is 0.721. The van der Waals surface area contributed by atoms with Gasteiger partial charge >= 0.3 is 5.97 Å². The minimum atomic E-state index is -1.44. The molecular formula is C12H13ClFNO5. The lowest BCUT2D eigenvalue weighted by atomic mass is 10.2. The number of ether oxygens (including phenoxy) is 1. The standard InChI is InChI=1S/C12H13ClFNO5/c1-6(16)11(12(18)19)15-10(17)5-20-9-3-2-7(14)4-8(9)13/h2-4,6,11,16H,5H2,1H3,(H,15,17)(H,18,19)/t6-,11+/m1/s1. The molecule has 1 rings (SSSR count). The zero-order valence-corrected chi connectivity index (χ0v) is 11.2. The van der Waals surface area contributed by atoms with Crippen molar-refractivity contribution < 1.29 is 28.9 Å². The molecule has 20 heavy (non-hydrogen) atoms. The van der Waals surface area contributed by atoms with Crippen molar-refractivity contribution in [3.8, 4) is 5.75 Å². The number of rotatable bonds is 6. The predicted octanol–water partition coefficient (Wildman–Crippen LogP) is 0.808. The van der Waals surface area contributed by atoms with E-state index in [4.69, 9.17) is 21.4 Å². The summed E-state index contributed by atoms with van der Waals surface area (Å²) in [6.07, 6.45) is -1.26. The van der Waals surface area contributed by atoms with Gasteiger partial charge in [0.15, 0.2) is 12.6 Å². The lowest BCUT2D eigenvalue weighted by Gasteiger charge is -2.17. The van der Waals surface area contributed by atoms with Crippen molar-refractivity contribution in [3.63, 3.8) is 0 Å². The van der Waals surface area contributed by atoms with Crippen molar-refractivity contribution in [2.24, 2.45) is 0 Å². The van der Waals surface area contributed by atoms with Crippen molar-refractivity contribution in [1.82, 2.24) is 5.32 Å². The van der Waals surface area contributed by atoms with Gasteiger partial charge in [-0.25, -0.2) is 9.18 Å². The first-order chi connectivity index (χ1) is 9.31. The number of halogens is 2. The van der Waals surface area contributed by atoms with E-state index < -0.39 is 36.4 Å². The van der Waals surface area contributed by atoms with Gasteiger partial charge in [-0.1, -0.05) is 11.6 Å². The lowest BCUT2D eigenvalue weighted by molar-refractivity contribution is -0.145. The first kappa shape index (κ1) is 16.2. The summed E-state index contributed by atoms with van der Waals surface area (Å²) in [6, 6.07) is 1.93. The number of carboxylic acids is 1. The Bertz CT molecular complexity index is 509. The zero-order chi connectivity index (χ0) is 15.3. The van der Waals surface area contributed by atoms with Crippen LogP contribution < -0.4 is 10.1 Å². The monoisotopic (exact) mass is 305 g/mol. The van der Waals surface area contributed by atoms with Crippen molar-refractivity contribution in [2.45, 2.75) is 19.1 Å². The predicted molar refractivity (Wildman–Crippen MR) is 68.2 cm³/mol. The quantitative estimate of drug-likeness (QED) is 0.723. The summed E-state index contributed by atoms with van der Waals surface area (Å²) in [5.41, 5.74) is 0. The van der Waals surface area contributed by atoms with Crippen LogP contribution in [-0.4, -0.2) is 40.8 Å². The summed E-state index contributed by atoms with van der Waals surface area (Å²) in [5.74, 6) is -2.58. The van der Waals surface area contributed by atoms with Crippen LogP contribution in [0.3, 0.4) is 0 Å². The normalized spacial score (nSPS) is 13.4. The van der Waals surface area contributed by atoms with E-state index in [1.165, 1.54) is 13.0 Å². The van der Waals surface area contributed by atoms with Crippen LogP contribution in [0, 0.1) is 5.82 Å². The van der Waals surface area contributed by atoms with Gasteiger partial charge in [0.25, 0.3) is 5.91 Å². The van der Waals surface area contributed by atoms with Crippen molar-refractivity contribution in [1.29, 1.82) is 0 Å². The van der Waals surface area contributed by atoms with Crippen LogP contribution in [0.2, 0.25) is 5.02 Å². The molecule has 0 spiro atoms. The van der Waals surface area contributed by atoms with Crippen LogP contribution in [0.1, 0.15) is 6.92 Å². The molecule has 0 aromatic heterocycles. The molecule has 3 N–H and O–H groups in total. The summed E-state index contributed by atoms with van der Waals surface area (Å²) >= 11 is 5.69. The number of hydrogen-bond donors (Lipinski definition) is 3. The first-order valence-electron chi connectivity index (χ1n) is 5.59. The summed E-state index contributed by atoms with van der Waals surface area (Å²) in [4.78, 5) is 22.3. The van der Waals surface area contributed by atoms with E-state index in [2.05, 4.69) is 5.32 Å². The van der Waals surface area contributed by atoms with Gasteiger partial charge in [0.2, 0.25) is 0 Å². The number of nitrogens with one attached hydrogen (secondary N) is 1. The highest BCUT2D eigenvalue weighted by Crippen LogP contribution is 2.24. The van der Waals surface area contributed by atoms with Gasteiger partial charge < -0.3 is 20.3 Å². The molecule has 0 radical (unpaired) electrons. The lowest BCUT2D eigenvalue weighted by Crippen LogP contribution is -2.49. The van der Waals surface area contributed by atoms with E-state index in [1.807, 2.05) is 0 Å². The second-order valence-electron chi connectivity index (χ2n) is 3.99. The number of amides is 1. The molecule has 6 nitrogen and oxygen atoms in total. The van der Waals surface area contributed by atoms with Gasteiger partial charge in [-0.2, -0.15) is 0 Å². The van der Waals surface area contributed by atoms with Crippen LogP contribution in [0.5, 0.6) is 5.75 Å². The molecule has 8 heteroatoms. The highest BCUT2D eigenvalue weighted by molar-refractivity contribution is 6.32. The highest BCUT2D eigenvalue weighted by Gasteiger charge is 2.25. The van der Waals surface area contributed by atoms with Gasteiger partial charge in [-0.3, -0.25) is 4.79 Å². The van der Waals surface area contributed by atoms with Crippen LogP contribution in [0.15, 0.2) is 18.2 Å². The number of aliphatic hydroxyl groups is 1. The average Bonchev–Trinajstić information content (AvgIpc) is 2.34. The maximum Gasteiger partial charge on any atom is 0.328 e. The Kier molecular flexibility index (Phi) is 5.72. The van der Waals surface area contributed by atoms with Crippen LogP contribution in [-0.2, 0) is 9.59 Å². The van der Waals surface area contributed by atoms with Gasteiger partial charge in [-0.05, 0) is 25.1 Å². The molecule has 0 aliphatic heterocycles. The average molecular weight is 306 g/mol. The molecule has 0 fully saturated rings. The van der Waals surface area contributed by atoms with E-state index in [-0.39, 0.29) is 10.8 Å².